The molecular formula is C17H20ClN. The molecule has 0 saturated carbocycles. The lowest BCUT2D eigenvalue weighted by atomic mass is 10.0. The second-order valence-corrected chi connectivity index (χ2v) is 5.47. The first-order chi connectivity index (χ1) is 9.08. The molecule has 0 unspecified atom stereocenters. The Morgan fingerprint density at radius 2 is 1.79 bits per heavy atom. The van der Waals surface area contributed by atoms with Crippen molar-refractivity contribution < 1.29 is 0 Å². The summed E-state index contributed by atoms with van der Waals surface area (Å²) >= 11 is 5.98. The summed E-state index contributed by atoms with van der Waals surface area (Å²) in [5.41, 5.74) is 5.21. The summed E-state index contributed by atoms with van der Waals surface area (Å²) in [6, 6.07) is 14.9. The van der Waals surface area contributed by atoms with Gasteiger partial charge in [0.2, 0.25) is 0 Å². The van der Waals surface area contributed by atoms with Crippen molar-refractivity contribution in [3.8, 4) is 0 Å². The third-order valence-corrected chi connectivity index (χ3v) is 3.79. The number of hydrogen-bond donors (Lipinski definition) is 1. The molecule has 0 aliphatic carbocycles. The Kier molecular flexibility index (Phi) is 4.62. The quantitative estimate of drug-likeness (QED) is 0.843. The zero-order chi connectivity index (χ0) is 13.8. The fourth-order valence-electron chi connectivity index (χ4n) is 2.30. The van der Waals surface area contributed by atoms with E-state index in [0.29, 0.717) is 6.04 Å². The second-order valence-electron chi connectivity index (χ2n) is 5.03. The van der Waals surface area contributed by atoms with Crippen molar-refractivity contribution in [1.82, 2.24) is 5.32 Å². The highest BCUT2D eigenvalue weighted by Crippen LogP contribution is 2.19. The Hall–Kier alpha value is -1.31. The highest BCUT2D eigenvalue weighted by Gasteiger charge is 2.08. The highest BCUT2D eigenvalue weighted by atomic mass is 35.5. The number of aryl methyl sites for hydroxylation is 2. The number of hydrogen-bond acceptors (Lipinski definition) is 1. The molecule has 0 radical (unpaired) electrons. The average Bonchev–Trinajstić information content (AvgIpc) is 2.38. The summed E-state index contributed by atoms with van der Waals surface area (Å²) in [4.78, 5) is 0. The molecule has 0 aliphatic rings. The maximum atomic E-state index is 5.98. The molecule has 1 atom stereocenters. The van der Waals surface area contributed by atoms with Crippen LogP contribution in [0.5, 0.6) is 0 Å². The van der Waals surface area contributed by atoms with Gasteiger partial charge in [-0.05, 0) is 55.2 Å². The summed E-state index contributed by atoms with van der Waals surface area (Å²) in [6.07, 6.45) is 0. The number of rotatable bonds is 4. The normalized spacial score (nSPS) is 12.4. The van der Waals surface area contributed by atoms with Crippen LogP contribution in [0.4, 0.5) is 0 Å². The molecule has 0 aliphatic heterocycles. The van der Waals surface area contributed by atoms with E-state index < -0.39 is 0 Å². The maximum absolute atomic E-state index is 5.98. The van der Waals surface area contributed by atoms with Crippen LogP contribution in [-0.2, 0) is 6.54 Å². The first kappa shape index (κ1) is 14.1. The predicted octanol–water partition coefficient (Wildman–Crippen LogP) is 4.81. The van der Waals surface area contributed by atoms with Crippen LogP contribution in [0, 0.1) is 13.8 Å². The minimum atomic E-state index is 0.344. The van der Waals surface area contributed by atoms with Gasteiger partial charge in [-0.1, -0.05) is 41.9 Å². The SMILES string of the molecule is Cc1cc(Cl)ccc1CN[C@H](C)c1ccccc1C. The second kappa shape index (κ2) is 6.23. The van der Waals surface area contributed by atoms with Gasteiger partial charge in [0.15, 0.2) is 0 Å². The minimum Gasteiger partial charge on any atom is -0.306 e. The molecule has 1 N–H and O–H groups in total. The lowest BCUT2D eigenvalue weighted by molar-refractivity contribution is 0.571. The number of halogens is 1. The van der Waals surface area contributed by atoms with Crippen LogP contribution in [0.1, 0.15) is 35.2 Å². The van der Waals surface area contributed by atoms with Crippen molar-refractivity contribution in [3.05, 3.63) is 69.7 Å². The lowest BCUT2D eigenvalue weighted by Crippen LogP contribution is -2.19. The van der Waals surface area contributed by atoms with Crippen molar-refractivity contribution in [1.29, 1.82) is 0 Å². The largest absolute Gasteiger partial charge is 0.306 e. The van der Waals surface area contributed by atoms with E-state index >= 15 is 0 Å². The van der Waals surface area contributed by atoms with Gasteiger partial charge in [-0.25, -0.2) is 0 Å². The van der Waals surface area contributed by atoms with Crippen LogP contribution in [0.25, 0.3) is 0 Å². The average molecular weight is 274 g/mol. The van der Waals surface area contributed by atoms with Gasteiger partial charge < -0.3 is 5.32 Å². The molecule has 19 heavy (non-hydrogen) atoms. The van der Waals surface area contributed by atoms with E-state index in [1.807, 2.05) is 12.1 Å². The fourth-order valence-corrected chi connectivity index (χ4v) is 2.53. The monoisotopic (exact) mass is 273 g/mol. The van der Waals surface area contributed by atoms with Gasteiger partial charge in [0.05, 0.1) is 0 Å². The zero-order valence-corrected chi connectivity index (χ0v) is 12.5. The van der Waals surface area contributed by atoms with Crippen LogP contribution >= 0.6 is 11.6 Å². The van der Waals surface area contributed by atoms with Gasteiger partial charge in [0.1, 0.15) is 0 Å². The number of benzene rings is 2. The molecule has 0 amide bonds. The highest BCUT2D eigenvalue weighted by molar-refractivity contribution is 6.30. The van der Waals surface area contributed by atoms with E-state index in [0.717, 1.165) is 11.6 Å². The minimum absolute atomic E-state index is 0.344. The van der Waals surface area contributed by atoms with Crippen LogP contribution in [0.3, 0.4) is 0 Å². The zero-order valence-electron chi connectivity index (χ0n) is 11.7. The molecule has 0 heterocycles. The van der Waals surface area contributed by atoms with Crippen molar-refractivity contribution in [2.24, 2.45) is 0 Å². The molecule has 0 aromatic heterocycles. The Bertz CT molecular complexity index is 563. The molecular weight excluding hydrogens is 254 g/mol. The topological polar surface area (TPSA) is 12.0 Å². The Morgan fingerprint density at radius 3 is 2.47 bits per heavy atom. The first-order valence-corrected chi connectivity index (χ1v) is 6.99. The Labute approximate surface area is 120 Å². The number of nitrogens with one attached hydrogen (secondary N) is 1. The summed E-state index contributed by atoms with van der Waals surface area (Å²) in [5.74, 6) is 0. The Balaban J connectivity index is 2.04. The Morgan fingerprint density at radius 1 is 1.05 bits per heavy atom. The van der Waals surface area contributed by atoms with Crippen molar-refractivity contribution in [2.45, 2.75) is 33.4 Å². The fraction of sp³-hybridized carbons (Fsp3) is 0.294. The third-order valence-electron chi connectivity index (χ3n) is 3.56. The molecule has 1 nitrogen and oxygen atoms in total. The predicted molar refractivity (Wildman–Crippen MR) is 82.6 cm³/mol. The van der Waals surface area contributed by atoms with E-state index in [2.05, 4.69) is 56.4 Å². The summed E-state index contributed by atoms with van der Waals surface area (Å²) in [7, 11) is 0. The molecule has 0 bridgehead atoms. The molecule has 2 rings (SSSR count). The van der Waals surface area contributed by atoms with E-state index in [4.69, 9.17) is 11.6 Å². The summed E-state index contributed by atoms with van der Waals surface area (Å²) in [5, 5.41) is 4.37. The van der Waals surface area contributed by atoms with Gasteiger partial charge in [-0.15, -0.1) is 0 Å². The summed E-state index contributed by atoms with van der Waals surface area (Å²) < 4.78 is 0. The van der Waals surface area contributed by atoms with Crippen LogP contribution in [-0.4, -0.2) is 0 Å². The van der Waals surface area contributed by atoms with Gasteiger partial charge in [0, 0.05) is 17.6 Å². The van der Waals surface area contributed by atoms with Crippen molar-refractivity contribution >= 4 is 11.6 Å². The molecule has 0 spiro atoms. The molecule has 0 fully saturated rings. The van der Waals surface area contributed by atoms with E-state index in [1.54, 1.807) is 0 Å². The standard InChI is InChI=1S/C17H20ClN/c1-12-6-4-5-7-17(12)14(3)19-11-15-8-9-16(18)10-13(15)2/h4-10,14,19H,11H2,1-3H3/t14-/m1/s1. The van der Waals surface area contributed by atoms with Gasteiger partial charge in [0.25, 0.3) is 0 Å². The molecule has 0 saturated heterocycles. The van der Waals surface area contributed by atoms with E-state index in [1.165, 1.54) is 22.3 Å². The maximum Gasteiger partial charge on any atom is 0.0408 e. The first-order valence-electron chi connectivity index (χ1n) is 6.62. The van der Waals surface area contributed by atoms with Crippen molar-refractivity contribution in [3.63, 3.8) is 0 Å². The van der Waals surface area contributed by atoms with Crippen LogP contribution in [0.15, 0.2) is 42.5 Å². The molecule has 2 heteroatoms. The molecule has 100 valence electrons. The lowest BCUT2D eigenvalue weighted by Gasteiger charge is -2.17. The smallest absolute Gasteiger partial charge is 0.0408 e. The molecule has 2 aromatic rings. The van der Waals surface area contributed by atoms with Gasteiger partial charge >= 0.3 is 0 Å². The van der Waals surface area contributed by atoms with Crippen molar-refractivity contribution in [2.75, 3.05) is 0 Å². The van der Waals surface area contributed by atoms with Crippen LogP contribution in [0.2, 0.25) is 5.02 Å². The van der Waals surface area contributed by atoms with Gasteiger partial charge in [-0.2, -0.15) is 0 Å². The van der Waals surface area contributed by atoms with Gasteiger partial charge in [-0.3, -0.25) is 0 Å². The molecule has 2 aromatic carbocycles. The van der Waals surface area contributed by atoms with E-state index in [-0.39, 0.29) is 0 Å². The van der Waals surface area contributed by atoms with E-state index in [9.17, 15) is 0 Å². The summed E-state index contributed by atoms with van der Waals surface area (Å²) in [6.45, 7) is 7.31. The van der Waals surface area contributed by atoms with Crippen LogP contribution < -0.4 is 5.32 Å². The third kappa shape index (κ3) is 3.59.